The predicted octanol–water partition coefficient (Wildman–Crippen LogP) is 1.76. The minimum atomic E-state index is -0.0655. The minimum Gasteiger partial charge on any atom is -0.310 e. The Labute approximate surface area is 166 Å². The zero-order valence-electron chi connectivity index (χ0n) is 16.9. The van der Waals surface area contributed by atoms with Crippen LogP contribution in [0.15, 0.2) is 41.4 Å². The van der Waals surface area contributed by atoms with Crippen LogP contribution in [0.4, 0.5) is 0 Å². The third-order valence-corrected chi connectivity index (χ3v) is 5.01. The number of nitrogens with one attached hydrogen (secondary N) is 1. The van der Waals surface area contributed by atoms with Crippen molar-refractivity contribution in [3.8, 4) is 11.1 Å². The fourth-order valence-corrected chi connectivity index (χ4v) is 3.21. The molecule has 0 unspecified atom stereocenters. The molecule has 148 valence electrons. The van der Waals surface area contributed by atoms with E-state index in [4.69, 9.17) is 0 Å². The molecule has 1 N–H and O–H groups in total. The zero-order valence-corrected chi connectivity index (χ0v) is 16.9. The second-order valence-electron chi connectivity index (χ2n) is 7.29. The van der Waals surface area contributed by atoms with Gasteiger partial charge in [0.1, 0.15) is 5.82 Å². The van der Waals surface area contributed by atoms with Crippen LogP contribution in [0.2, 0.25) is 0 Å². The summed E-state index contributed by atoms with van der Waals surface area (Å²) >= 11 is 0. The molecule has 0 aliphatic carbocycles. The molecule has 2 heterocycles. The molecule has 1 aromatic carbocycles. The van der Waals surface area contributed by atoms with E-state index < -0.39 is 0 Å². The Hall–Kier alpha value is -2.77. The molecule has 7 nitrogen and oxygen atoms in total. The van der Waals surface area contributed by atoms with E-state index >= 15 is 0 Å². The Kier molecular flexibility index (Phi) is 6.38. The van der Waals surface area contributed by atoms with E-state index in [9.17, 15) is 4.79 Å². The number of hydrogen-bond donors (Lipinski definition) is 1. The van der Waals surface area contributed by atoms with E-state index in [1.165, 1.54) is 0 Å². The van der Waals surface area contributed by atoms with Crippen molar-refractivity contribution >= 4 is 18.7 Å². The summed E-state index contributed by atoms with van der Waals surface area (Å²) in [6.45, 7) is 9.78. The number of piperazine rings is 1. The fraction of sp³-hybridized carbons (Fsp3) is 0.381. The quantitative estimate of drug-likeness (QED) is 0.776. The lowest BCUT2D eigenvalue weighted by Crippen LogP contribution is -2.47. The van der Waals surface area contributed by atoms with E-state index in [1.807, 2.05) is 32.4 Å². The lowest BCUT2D eigenvalue weighted by Gasteiger charge is -2.31. The molecule has 0 radical (unpaired) electrons. The fourth-order valence-electron chi connectivity index (χ4n) is 3.21. The number of rotatable bonds is 6. The van der Waals surface area contributed by atoms with Crippen molar-refractivity contribution in [2.75, 3.05) is 39.8 Å². The van der Waals surface area contributed by atoms with Crippen molar-refractivity contribution in [1.29, 1.82) is 0 Å². The predicted molar refractivity (Wildman–Crippen MR) is 113 cm³/mol. The van der Waals surface area contributed by atoms with Gasteiger partial charge in [-0.05, 0) is 49.5 Å². The summed E-state index contributed by atoms with van der Waals surface area (Å²) in [6, 6.07) is 6.20. The lowest BCUT2D eigenvalue weighted by atomic mass is 10.0. The highest BCUT2D eigenvalue weighted by atomic mass is 16.2. The average molecular weight is 380 g/mol. The molecular formula is C21H28N6O. The van der Waals surface area contributed by atoms with E-state index in [0.29, 0.717) is 12.4 Å². The summed E-state index contributed by atoms with van der Waals surface area (Å²) in [4.78, 5) is 20.9. The van der Waals surface area contributed by atoms with Crippen LogP contribution in [0.25, 0.3) is 17.2 Å². The smallest absolute Gasteiger partial charge is 0.239 e. The Bertz CT molecular complexity index is 877. The number of amides is 1. The number of likely N-dealkylation sites (N-methyl/N-ethyl adjacent to an activating group) is 1. The maximum atomic E-state index is 12.4. The summed E-state index contributed by atoms with van der Waals surface area (Å²) in [7, 11) is 4.00. The van der Waals surface area contributed by atoms with Crippen molar-refractivity contribution in [1.82, 2.24) is 24.9 Å². The molecule has 1 aliphatic heterocycles. The third kappa shape index (κ3) is 5.15. The molecule has 0 bridgehead atoms. The molecule has 0 spiro atoms. The second-order valence-corrected chi connectivity index (χ2v) is 7.29. The Morgan fingerprint density at radius 2 is 2.00 bits per heavy atom. The van der Waals surface area contributed by atoms with Gasteiger partial charge in [-0.25, -0.2) is 4.99 Å². The van der Waals surface area contributed by atoms with Gasteiger partial charge in [-0.1, -0.05) is 12.1 Å². The Balaban J connectivity index is 1.71. The number of carbonyl (C=O) groups is 1. The van der Waals surface area contributed by atoms with E-state index in [-0.39, 0.29) is 5.91 Å². The molecule has 1 fully saturated rings. The summed E-state index contributed by atoms with van der Waals surface area (Å²) in [5.74, 6) is 0.398. The van der Waals surface area contributed by atoms with Crippen LogP contribution >= 0.6 is 0 Å². The van der Waals surface area contributed by atoms with Crippen LogP contribution in [0.5, 0.6) is 0 Å². The maximum Gasteiger partial charge on any atom is 0.239 e. The number of benzene rings is 1. The Morgan fingerprint density at radius 3 is 2.64 bits per heavy atom. The summed E-state index contributed by atoms with van der Waals surface area (Å²) < 4.78 is 1.78. The molecule has 2 aromatic rings. The molecule has 3 rings (SSSR count). The highest BCUT2D eigenvalue weighted by Crippen LogP contribution is 2.23. The SMILES string of the molecule is C=N/C(=C\c1cc(-c2cnn(C)c2)ccc1C)NC(=O)CN1CCN(C)CC1. The maximum absolute atomic E-state index is 12.4. The summed E-state index contributed by atoms with van der Waals surface area (Å²) in [5, 5.41) is 7.12. The molecule has 1 amide bonds. The number of aliphatic imine (C=N–C) groups is 1. The van der Waals surface area contributed by atoms with Crippen molar-refractivity contribution < 1.29 is 4.79 Å². The van der Waals surface area contributed by atoms with Gasteiger partial charge in [-0.3, -0.25) is 14.4 Å². The van der Waals surface area contributed by atoms with Gasteiger partial charge in [0.2, 0.25) is 5.91 Å². The summed E-state index contributed by atoms with van der Waals surface area (Å²) in [6.07, 6.45) is 5.68. The van der Waals surface area contributed by atoms with Gasteiger partial charge >= 0.3 is 0 Å². The van der Waals surface area contributed by atoms with Crippen LogP contribution in [-0.2, 0) is 11.8 Å². The van der Waals surface area contributed by atoms with E-state index in [2.05, 4.69) is 57.2 Å². The number of nitrogens with zero attached hydrogens (tertiary/aromatic N) is 5. The normalized spacial score (nSPS) is 16.2. The number of carbonyl (C=O) groups excluding carboxylic acids is 1. The van der Waals surface area contributed by atoms with Gasteiger partial charge in [0, 0.05) is 45.0 Å². The molecule has 1 aromatic heterocycles. The standard InChI is InChI=1S/C21H28N6O/c1-16-5-6-17(19-13-23-26(4)14-19)11-18(16)12-20(22-2)24-21(28)15-27-9-7-25(3)8-10-27/h5-6,11-14H,2,7-10,15H2,1,3-4H3,(H,24,28)/b20-12+. The second kappa shape index (κ2) is 8.95. The topological polar surface area (TPSA) is 65.8 Å². The number of aromatic nitrogens is 2. The first-order valence-electron chi connectivity index (χ1n) is 9.43. The van der Waals surface area contributed by atoms with E-state index in [1.54, 1.807) is 4.68 Å². The highest BCUT2D eigenvalue weighted by Gasteiger charge is 2.17. The molecular weight excluding hydrogens is 352 g/mol. The van der Waals surface area contributed by atoms with Gasteiger partial charge < -0.3 is 10.2 Å². The van der Waals surface area contributed by atoms with Gasteiger partial charge in [0.05, 0.1) is 12.7 Å². The number of hydrogen-bond acceptors (Lipinski definition) is 5. The number of aryl methyl sites for hydroxylation is 2. The van der Waals surface area contributed by atoms with Crippen LogP contribution in [-0.4, -0.2) is 72.0 Å². The molecule has 0 atom stereocenters. The molecule has 1 aliphatic rings. The van der Waals surface area contributed by atoms with Crippen molar-refractivity contribution in [3.63, 3.8) is 0 Å². The third-order valence-electron chi connectivity index (χ3n) is 5.01. The van der Waals surface area contributed by atoms with Gasteiger partial charge in [0.15, 0.2) is 0 Å². The summed E-state index contributed by atoms with van der Waals surface area (Å²) in [5.41, 5.74) is 4.20. The van der Waals surface area contributed by atoms with Crippen molar-refractivity contribution in [2.24, 2.45) is 12.0 Å². The van der Waals surface area contributed by atoms with Crippen LogP contribution in [0.3, 0.4) is 0 Å². The first-order chi connectivity index (χ1) is 13.4. The molecule has 0 saturated carbocycles. The molecule has 28 heavy (non-hydrogen) atoms. The van der Waals surface area contributed by atoms with Crippen LogP contribution in [0.1, 0.15) is 11.1 Å². The van der Waals surface area contributed by atoms with Crippen molar-refractivity contribution in [3.05, 3.63) is 47.5 Å². The zero-order chi connectivity index (χ0) is 20.1. The average Bonchev–Trinajstić information content (AvgIpc) is 3.11. The molecule has 7 heteroatoms. The van der Waals surface area contributed by atoms with Gasteiger partial charge in [-0.15, -0.1) is 0 Å². The first kappa shape index (κ1) is 20.0. The highest BCUT2D eigenvalue weighted by molar-refractivity contribution is 5.81. The Morgan fingerprint density at radius 1 is 1.25 bits per heavy atom. The largest absolute Gasteiger partial charge is 0.310 e. The van der Waals surface area contributed by atoms with Crippen LogP contribution in [0, 0.1) is 6.92 Å². The van der Waals surface area contributed by atoms with E-state index in [0.717, 1.165) is 48.4 Å². The van der Waals surface area contributed by atoms with Crippen LogP contribution < -0.4 is 5.32 Å². The van der Waals surface area contributed by atoms with Gasteiger partial charge in [0.25, 0.3) is 0 Å². The van der Waals surface area contributed by atoms with Gasteiger partial charge in [-0.2, -0.15) is 5.10 Å². The molecule has 1 saturated heterocycles. The first-order valence-corrected chi connectivity index (χ1v) is 9.43. The van der Waals surface area contributed by atoms with Crippen molar-refractivity contribution in [2.45, 2.75) is 6.92 Å². The minimum absolute atomic E-state index is 0.0655. The lowest BCUT2D eigenvalue weighted by molar-refractivity contribution is -0.121. The monoisotopic (exact) mass is 380 g/mol.